The van der Waals surface area contributed by atoms with Gasteiger partial charge in [0.1, 0.15) is 28.6 Å². The van der Waals surface area contributed by atoms with Gasteiger partial charge in [-0.25, -0.2) is 4.79 Å². The van der Waals surface area contributed by atoms with E-state index in [4.69, 9.17) is 9.47 Å². The molecular weight excluding hydrogens is 460 g/mol. The molecule has 1 atom stereocenters. The van der Waals surface area contributed by atoms with Crippen LogP contribution in [0.3, 0.4) is 0 Å². The number of rotatable bonds is 9. The fourth-order valence-electron chi connectivity index (χ4n) is 4.13. The second kappa shape index (κ2) is 11.4. The molecule has 3 rings (SSSR count). The van der Waals surface area contributed by atoms with Gasteiger partial charge in [0.15, 0.2) is 5.78 Å². The number of ether oxygens (including phenoxy) is 2. The third kappa shape index (κ3) is 5.68. The molecule has 0 saturated carbocycles. The summed E-state index contributed by atoms with van der Waals surface area (Å²) in [4.78, 5) is 25.3. The highest BCUT2D eigenvalue weighted by atomic mass is 16.5. The van der Waals surface area contributed by atoms with E-state index in [-0.39, 0.29) is 34.6 Å². The summed E-state index contributed by atoms with van der Waals surface area (Å²) in [6.45, 7) is 3.67. The van der Waals surface area contributed by atoms with Crippen LogP contribution in [0.2, 0.25) is 0 Å². The molecule has 0 unspecified atom stereocenters. The molecule has 0 aliphatic heterocycles. The van der Waals surface area contributed by atoms with Crippen molar-refractivity contribution in [2.45, 2.75) is 32.6 Å². The predicted molar refractivity (Wildman–Crippen MR) is 136 cm³/mol. The van der Waals surface area contributed by atoms with Crippen molar-refractivity contribution in [1.82, 2.24) is 0 Å². The Balaban J connectivity index is 2.17. The summed E-state index contributed by atoms with van der Waals surface area (Å²) < 4.78 is 10.3. The Morgan fingerprint density at radius 3 is 2.25 bits per heavy atom. The molecule has 0 radical (unpaired) electrons. The standard InChI is InChI=1S/C29H30O7/c1-17(2)14-21(20-15-19(29(34)36-4)11-13-22(20)30)26-25(35-3)16-24(32)27(28(26)33)23(31)12-10-18-8-6-5-7-9-18/h5-9,11,13-16,21,30,32-33H,10,12H2,1-4H3/t21-/m1/s1. The van der Waals surface area contributed by atoms with Gasteiger partial charge in [-0.1, -0.05) is 42.0 Å². The second-order valence-corrected chi connectivity index (χ2v) is 8.63. The highest BCUT2D eigenvalue weighted by Gasteiger charge is 2.30. The average Bonchev–Trinajstić information content (AvgIpc) is 2.86. The zero-order valence-electron chi connectivity index (χ0n) is 20.7. The lowest BCUT2D eigenvalue weighted by atomic mass is 9.85. The summed E-state index contributed by atoms with van der Waals surface area (Å²) in [5.74, 6) is -2.71. The quantitative estimate of drug-likeness (QED) is 0.206. The molecule has 3 N–H and O–H groups in total. The van der Waals surface area contributed by atoms with Crippen molar-refractivity contribution in [3.8, 4) is 23.0 Å². The summed E-state index contributed by atoms with van der Waals surface area (Å²) in [5.41, 5.74) is 2.24. The molecular formula is C29H30O7. The maximum Gasteiger partial charge on any atom is 0.337 e. The van der Waals surface area contributed by atoms with Crippen LogP contribution < -0.4 is 4.74 Å². The molecule has 7 nitrogen and oxygen atoms in total. The van der Waals surface area contributed by atoms with E-state index in [1.165, 1.54) is 38.5 Å². The minimum Gasteiger partial charge on any atom is -0.508 e. The molecule has 0 aliphatic carbocycles. The number of carbonyl (C=O) groups is 2. The molecule has 3 aromatic rings. The topological polar surface area (TPSA) is 113 Å². The predicted octanol–water partition coefficient (Wildman–Crippen LogP) is 5.51. The SMILES string of the molecule is COC(=O)c1ccc(O)c([C@@H](C=C(C)C)c2c(OC)cc(O)c(C(=O)CCc3ccccc3)c2O)c1. The van der Waals surface area contributed by atoms with Gasteiger partial charge in [0.25, 0.3) is 0 Å². The second-order valence-electron chi connectivity index (χ2n) is 8.63. The molecule has 3 aromatic carbocycles. The van der Waals surface area contributed by atoms with Crippen molar-refractivity contribution in [2.75, 3.05) is 14.2 Å². The maximum absolute atomic E-state index is 13.2. The zero-order chi connectivity index (χ0) is 26.4. The van der Waals surface area contributed by atoms with Crippen molar-refractivity contribution < 1.29 is 34.4 Å². The van der Waals surface area contributed by atoms with Gasteiger partial charge in [0, 0.05) is 29.5 Å². The number of Topliss-reactive ketones (excluding diaryl/α,β-unsaturated/α-hetero) is 1. The lowest BCUT2D eigenvalue weighted by Gasteiger charge is -2.23. The van der Waals surface area contributed by atoms with E-state index in [0.29, 0.717) is 12.0 Å². The first-order valence-electron chi connectivity index (χ1n) is 11.4. The van der Waals surface area contributed by atoms with E-state index < -0.39 is 29.2 Å². The number of aryl methyl sites for hydroxylation is 1. The largest absolute Gasteiger partial charge is 0.508 e. The van der Waals surface area contributed by atoms with E-state index in [1.54, 1.807) is 6.08 Å². The maximum atomic E-state index is 13.2. The third-order valence-electron chi connectivity index (χ3n) is 5.86. The number of carbonyl (C=O) groups excluding carboxylic acids is 2. The van der Waals surface area contributed by atoms with Crippen LogP contribution in [0, 0.1) is 0 Å². The van der Waals surface area contributed by atoms with Crippen molar-refractivity contribution in [1.29, 1.82) is 0 Å². The average molecular weight is 491 g/mol. The fourth-order valence-corrected chi connectivity index (χ4v) is 4.13. The number of esters is 1. The minimum absolute atomic E-state index is 0.0628. The molecule has 0 fully saturated rings. The molecule has 0 amide bonds. The van der Waals surface area contributed by atoms with E-state index in [1.807, 2.05) is 44.2 Å². The van der Waals surface area contributed by atoms with E-state index in [0.717, 1.165) is 11.1 Å². The number of phenolic OH excluding ortho intramolecular Hbond substituents is 3. The third-order valence-corrected chi connectivity index (χ3v) is 5.86. The van der Waals surface area contributed by atoms with Crippen LogP contribution in [0.5, 0.6) is 23.0 Å². The molecule has 7 heteroatoms. The number of hydrogen-bond donors (Lipinski definition) is 3. The molecule has 0 aliphatic rings. The first-order valence-corrected chi connectivity index (χ1v) is 11.4. The molecule has 0 heterocycles. The van der Waals surface area contributed by atoms with Crippen LogP contribution in [-0.2, 0) is 11.2 Å². The summed E-state index contributed by atoms with van der Waals surface area (Å²) in [6, 6.07) is 15.0. The first-order chi connectivity index (χ1) is 17.2. The molecule has 0 spiro atoms. The number of methoxy groups -OCH3 is 2. The van der Waals surface area contributed by atoms with Crippen LogP contribution >= 0.6 is 0 Å². The highest BCUT2D eigenvalue weighted by molar-refractivity contribution is 6.02. The van der Waals surface area contributed by atoms with Crippen molar-refractivity contribution in [3.63, 3.8) is 0 Å². The Kier molecular flexibility index (Phi) is 8.38. The molecule has 36 heavy (non-hydrogen) atoms. The van der Waals surface area contributed by atoms with Gasteiger partial charge < -0.3 is 24.8 Å². The van der Waals surface area contributed by atoms with Crippen LogP contribution in [0.1, 0.15) is 63.6 Å². The van der Waals surface area contributed by atoms with Gasteiger partial charge in [-0.15, -0.1) is 0 Å². The summed E-state index contributed by atoms with van der Waals surface area (Å²) in [7, 11) is 2.63. The normalized spacial score (nSPS) is 11.4. The number of benzene rings is 3. The number of ketones is 1. The lowest BCUT2D eigenvalue weighted by Crippen LogP contribution is -2.09. The fraction of sp³-hybridized carbons (Fsp3) is 0.241. The van der Waals surface area contributed by atoms with Crippen LogP contribution in [0.4, 0.5) is 0 Å². The summed E-state index contributed by atoms with van der Waals surface area (Å²) >= 11 is 0. The smallest absolute Gasteiger partial charge is 0.337 e. The lowest BCUT2D eigenvalue weighted by molar-refractivity contribution is 0.0600. The number of allylic oxidation sites excluding steroid dienone is 2. The monoisotopic (exact) mass is 490 g/mol. The number of aromatic hydroxyl groups is 3. The summed E-state index contributed by atoms with van der Waals surface area (Å²) in [5, 5.41) is 32.7. The molecule has 188 valence electrons. The van der Waals surface area contributed by atoms with Crippen molar-refractivity contribution >= 4 is 11.8 Å². The number of phenols is 3. The Labute approximate surface area is 210 Å². The number of hydrogen-bond acceptors (Lipinski definition) is 7. The van der Waals surface area contributed by atoms with E-state index in [2.05, 4.69) is 0 Å². The van der Waals surface area contributed by atoms with Gasteiger partial charge >= 0.3 is 5.97 Å². The van der Waals surface area contributed by atoms with Gasteiger partial charge in [-0.05, 0) is 44.0 Å². The van der Waals surface area contributed by atoms with E-state index >= 15 is 0 Å². The van der Waals surface area contributed by atoms with Crippen molar-refractivity contribution in [2.24, 2.45) is 0 Å². The Morgan fingerprint density at radius 2 is 1.64 bits per heavy atom. The zero-order valence-corrected chi connectivity index (χ0v) is 20.7. The van der Waals surface area contributed by atoms with Gasteiger partial charge in [0.05, 0.1) is 19.8 Å². The first kappa shape index (κ1) is 26.3. The van der Waals surface area contributed by atoms with Crippen LogP contribution in [-0.4, -0.2) is 41.3 Å². The highest BCUT2D eigenvalue weighted by Crippen LogP contribution is 2.47. The summed E-state index contributed by atoms with van der Waals surface area (Å²) in [6.07, 6.45) is 2.26. The van der Waals surface area contributed by atoms with Crippen LogP contribution in [0.15, 0.2) is 66.2 Å². The van der Waals surface area contributed by atoms with Gasteiger partial charge in [0.2, 0.25) is 0 Å². The Bertz CT molecular complexity index is 1290. The Hall–Kier alpha value is -4.26. The van der Waals surface area contributed by atoms with E-state index in [9.17, 15) is 24.9 Å². The molecule has 0 bridgehead atoms. The van der Waals surface area contributed by atoms with Crippen molar-refractivity contribution in [3.05, 3.63) is 94.1 Å². The molecule has 0 aromatic heterocycles. The van der Waals surface area contributed by atoms with Gasteiger partial charge in [-0.3, -0.25) is 4.79 Å². The minimum atomic E-state index is -0.809. The molecule has 0 saturated heterocycles. The van der Waals surface area contributed by atoms with Crippen LogP contribution in [0.25, 0.3) is 0 Å². The Morgan fingerprint density at radius 1 is 0.944 bits per heavy atom. The van der Waals surface area contributed by atoms with Gasteiger partial charge in [-0.2, -0.15) is 0 Å².